The quantitative estimate of drug-likeness (QED) is 0.724. The molecular formula is C14H14ClF2N3O4S. The summed E-state index contributed by atoms with van der Waals surface area (Å²) in [4.78, 5) is 15.0. The highest BCUT2D eigenvalue weighted by Crippen LogP contribution is 2.39. The molecule has 2 rings (SSSR count). The number of carbonyl (C=O) groups is 1. The molecule has 0 radical (unpaired) electrons. The molecule has 0 saturated carbocycles. The molecule has 0 amide bonds. The molecule has 1 aromatic carbocycles. The highest BCUT2D eigenvalue weighted by Gasteiger charge is 2.39. The minimum atomic E-state index is -4.19. The topological polar surface area (TPSA) is 102 Å². The molecule has 11 heteroatoms. The van der Waals surface area contributed by atoms with Crippen LogP contribution in [0.1, 0.15) is 30.9 Å². The number of aromatic nitrogens is 3. The number of hydrogen-bond acceptors (Lipinski definition) is 5. The first kappa shape index (κ1) is 19.3. The van der Waals surface area contributed by atoms with Gasteiger partial charge in [0.25, 0.3) is 0 Å². The zero-order valence-corrected chi connectivity index (χ0v) is 14.5. The monoisotopic (exact) mass is 393 g/mol. The molecule has 0 bridgehead atoms. The number of nitrogens with zero attached hydrogens (tertiary/aromatic N) is 3. The number of benzene rings is 1. The Morgan fingerprint density at radius 3 is 2.56 bits per heavy atom. The lowest BCUT2D eigenvalue weighted by Crippen LogP contribution is -2.32. The zero-order valence-electron chi connectivity index (χ0n) is 12.9. The number of aliphatic carboxylic acids is 1. The van der Waals surface area contributed by atoms with Gasteiger partial charge < -0.3 is 5.11 Å². The lowest BCUT2D eigenvalue weighted by atomic mass is 9.86. The summed E-state index contributed by atoms with van der Waals surface area (Å²) in [6, 6.07) is 1.51. The fourth-order valence-electron chi connectivity index (χ4n) is 2.67. The van der Waals surface area contributed by atoms with Crippen molar-refractivity contribution in [1.29, 1.82) is 0 Å². The van der Waals surface area contributed by atoms with Crippen molar-refractivity contribution in [3.63, 3.8) is 0 Å². The van der Waals surface area contributed by atoms with Crippen molar-refractivity contribution in [2.45, 2.75) is 30.6 Å². The van der Waals surface area contributed by atoms with Crippen molar-refractivity contribution in [2.75, 3.05) is 0 Å². The Morgan fingerprint density at radius 1 is 1.40 bits per heavy atom. The highest BCUT2D eigenvalue weighted by molar-refractivity contribution is 8.14. The number of carboxylic acid groups (broad SMARTS) is 1. The number of carboxylic acids is 1. The molecule has 25 heavy (non-hydrogen) atoms. The summed E-state index contributed by atoms with van der Waals surface area (Å²) in [5, 5.41) is 11.6. The van der Waals surface area contributed by atoms with Gasteiger partial charge in [-0.25, -0.2) is 26.9 Å². The van der Waals surface area contributed by atoms with Gasteiger partial charge in [-0.3, -0.25) is 4.79 Å². The minimum absolute atomic E-state index is 0.181. The molecule has 0 fully saturated rings. The average Bonchev–Trinajstić information content (AvgIpc) is 3.01. The molecule has 0 aliphatic rings. The van der Waals surface area contributed by atoms with E-state index in [-0.39, 0.29) is 5.56 Å². The van der Waals surface area contributed by atoms with Crippen LogP contribution in [0.4, 0.5) is 8.78 Å². The standard InChI is InChI=1S/C14H14ClF2N3O4S/c1-8(25(15,23)24)14(10-3-2-9(16)4-11(10)17)12(5-13(21)22)20-7-18-6-19-20/h2-4,6-8,12,14H,5H2,1H3,(H,21,22). The maximum atomic E-state index is 14.3. The normalized spacial score (nSPS) is 15.5. The summed E-state index contributed by atoms with van der Waals surface area (Å²) in [5.41, 5.74) is -0.181. The molecule has 1 heterocycles. The van der Waals surface area contributed by atoms with Crippen molar-refractivity contribution in [3.8, 4) is 0 Å². The Balaban J connectivity index is 2.65. The second kappa shape index (κ2) is 7.44. The number of halogens is 3. The van der Waals surface area contributed by atoms with Crippen LogP contribution >= 0.6 is 10.7 Å². The van der Waals surface area contributed by atoms with Crippen molar-refractivity contribution >= 4 is 25.7 Å². The van der Waals surface area contributed by atoms with E-state index in [0.717, 1.165) is 23.1 Å². The highest BCUT2D eigenvalue weighted by atomic mass is 35.7. The SMILES string of the molecule is CC(C(c1ccc(F)cc1F)C(CC(=O)O)n1cncn1)S(=O)(=O)Cl. The fraction of sp³-hybridized carbons (Fsp3) is 0.357. The van der Waals surface area contributed by atoms with Gasteiger partial charge >= 0.3 is 5.97 Å². The second-order valence-electron chi connectivity index (χ2n) is 5.41. The van der Waals surface area contributed by atoms with Gasteiger partial charge in [-0.2, -0.15) is 5.10 Å². The molecule has 1 N–H and O–H groups in total. The third-order valence-corrected chi connectivity index (χ3v) is 5.87. The molecule has 3 unspecified atom stereocenters. The fourth-order valence-corrected chi connectivity index (χ4v) is 3.68. The van der Waals surface area contributed by atoms with Crippen LogP contribution in [-0.2, 0) is 13.8 Å². The molecule has 7 nitrogen and oxygen atoms in total. The van der Waals surface area contributed by atoms with Gasteiger partial charge in [-0.1, -0.05) is 6.07 Å². The van der Waals surface area contributed by atoms with Crippen LogP contribution in [0.3, 0.4) is 0 Å². The summed E-state index contributed by atoms with van der Waals surface area (Å²) < 4.78 is 52.4. The van der Waals surface area contributed by atoms with E-state index in [2.05, 4.69) is 10.1 Å². The van der Waals surface area contributed by atoms with E-state index >= 15 is 0 Å². The minimum Gasteiger partial charge on any atom is -0.481 e. The van der Waals surface area contributed by atoms with Crippen LogP contribution in [0.2, 0.25) is 0 Å². The van der Waals surface area contributed by atoms with E-state index in [0.29, 0.717) is 6.07 Å². The Hall–Kier alpha value is -2.07. The average molecular weight is 394 g/mol. The Kier molecular flexibility index (Phi) is 5.73. The maximum Gasteiger partial charge on any atom is 0.305 e. The lowest BCUT2D eigenvalue weighted by molar-refractivity contribution is -0.138. The first-order valence-corrected chi connectivity index (χ1v) is 9.43. The van der Waals surface area contributed by atoms with Crippen LogP contribution < -0.4 is 0 Å². The zero-order chi connectivity index (χ0) is 18.8. The molecule has 1 aromatic heterocycles. The van der Waals surface area contributed by atoms with Crippen LogP contribution in [0.15, 0.2) is 30.9 Å². The Morgan fingerprint density at radius 2 is 2.08 bits per heavy atom. The van der Waals surface area contributed by atoms with E-state index in [9.17, 15) is 27.1 Å². The van der Waals surface area contributed by atoms with Gasteiger partial charge in [0.1, 0.15) is 24.3 Å². The predicted molar refractivity (Wildman–Crippen MR) is 84.6 cm³/mol. The number of rotatable bonds is 7. The molecule has 136 valence electrons. The first-order valence-electron chi connectivity index (χ1n) is 7.05. The van der Waals surface area contributed by atoms with Crippen LogP contribution in [0.5, 0.6) is 0 Å². The van der Waals surface area contributed by atoms with Crippen molar-refractivity contribution in [1.82, 2.24) is 14.8 Å². The summed E-state index contributed by atoms with van der Waals surface area (Å²) in [6.07, 6.45) is 1.75. The van der Waals surface area contributed by atoms with Gasteiger partial charge in [-0.05, 0) is 18.6 Å². The van der Waals surface area contributed by atoms with E-state index in [1.54, 1.807) is 0 Å². The van der Waals surface area contributed by atoms with Crippen LogP contribution in [0.25, 0.3) is 0 Å². The van der Waals surface area contributed by atoms with Gasteiger partial charge in [0.15, 0.2) is 0 Å². The van der Waals surface area contributed by atoms with Crippen LogP contribution in [0, 0.1) is 11.6 Å². The number of hydrogen-bond donors (Lipinski definition) is 1. The van der Waals surface area contributed by atoms with Gasteiger partial charge in [0, 0.05) is 22.7 Å². The van der Waals surface area contributed by atoms with Gasteiger partial charge in [0.2, 0.25) is 9.05 Å². The summed E-state index contributed by atoms with van der Waals surface area (Å²) in [5.74, 6) is -4.35. The smallest absolute Gasteiger partial charge is 0.305 e. The van der Waals surface area contributed by atoms with Gasteiger partial charge in [-0.15, -0.1) is 0 Å². The van der Waals surface area contributed by atoms with Crippen LogP contribution in [-0.4, -0.2) is 39.5 Å². The van der Waals surface area contributed by atoms with Crippen molar-refractivity contribution < 1.29 is 27.1 Å². The van der Waals surface area contributed by atoms with Gasteiger partial charge in [0.05, 0.1) is 17.7 Å². The summed E-state index contributed by atoms with van der Waals surface area (Å²) in [7, 11) is 1.25. The summed E-state index contributed by atoms with van der Waals surface area (Å²) >= 11 is 0. The molecule has 0 aliphatic carbocycles. The third-order valence-electron chi connectivity index (χ3n) is 3.85. The van der Waals surface area contributed by atoms with E-state index < -0.39 is 50.3 Å². The molecule has 0 aliphatic heterocycles. The van der Waals surface area contributed by atoms with E-state index in [4.69, 9.17) is 10.7 Å². The first-order chi connectivity index (χ1) is 11.6. The lowest BCUT2D eigenvalue weighted by Gasteiger charge is -2.30. The Labute approximate surface area is 146 Å². The van der Waals surface area contributed by atoms with Crippen molar-refractivity contribution in [2.24, 2.45) is 0 Å². The molecule has 0 saturated heterocycles. The third kappa shape index (κ3) is 4.51. The van der Waals surface area contributed by atoms with E-state index in [1.807, 2.05) is 0 Å². The maximum absolute atomic E-state index is 14.3. The molecule has 0 spiro atoms. The second-order valence-corrected chi connectivity index (χ2v) is 8.40. The predicted octanol–water partition coefficient (Wildman–Crippen LogP) is 2.31. The molecule has 3 atom stereocenters. The largest absolute Gasteiger partial charge is 0.481 e. The molecule has 2 aromatic rings. The molecular weight excluding hydrogens is 380 g/mol. The van der Waals surface area contributed by atoms with Crippen molar-refractivity contribution in [3.05, 3.63) is 48.1 Å². The summed E-state index contributed by atoms with van der Waals surface area (Å²) in [6.45, 7) is 1.22. The Bertz CT molecular complexity index is 861. The van der Waals surface area contributed by atoms with E-state index in [1.165, 1.54) is 13.3 Å².